The van der Waals surface area contributed by atoms with Crippen LogP contribution in [0.3, 0.4) is 0 Å². The van der Waals surface area contributed by atoms with Crippen molar-refractivity contribution < 1.29 is 56.4 Å². The molecule has 0 bridgehead atoms. The zero-order valence-corrected chi connectivity index (χ0v) is 49.7. The second kappa shape index (κ2) is 32.1. The zero-order valence-electron chi connectivity index (χ0n) is 44.4. The van der Waals surface area contributed by atoms with E-state index in [1.807, 2.05) is 101 Å². The number of aliphatic hydroxyl groups excluding tert-OH is 2. The van der Waals surface area contributed by atoms with E-state index in [0.717, 1.165) is 124 Å². The predicted octanol–water partition coefficient (Wildman–Crippen LogP) is 8.74. The van der Waals surface area contributed by atoms with Gasteiger partial charge in [0, 0.05) is 40.5 Å². The number of hydrogen-bond donors (Lipinski definition) is 4. The maximum absolute atomic E-state index is 11.2. The fourth-order valence-corrected chi connectivity index (χ4v) is 9.90. The first kappa shape index (κ1) is 66.1. The predicted molar refractivity (Wildman–Crippen MR) is 296 cm³/mol. The van der Waals surface area contributed by atoms with Gasteiger partial charge in [-0.3, -0.25) is 4.79 Å². The minimum absolute atomic E-state index is 0. The number of hydrogen-bond acceptors (Lipinski definition) is 12. The molecule has 0 amide bonds. The molecule has 10 rings (SSSR count). The fraction of sp³-hybridized carbons (Fsp3) is 0.536. The first-order chi connectivity index (χ1) is 34.4. The Kier molecular flexibility index (Phi) is 28.3. The minimum Gasteiger partial charge on any atom is -1.00 e. The Morgan fingerprint density at radius 2 is 1.12 bits per heavy atom. The van der Waals surface area contributed by atoms with Crippen LogP contribution >= 0.6 is 34.8 Å². The molecule has 0 radical (unpaired) electrons. The van der Waals surface area contributed by atoms with Gasteiger partial charge in [0.2, 0.25) is 5.88 Å². The van der Waals surface area contributed by atoms with E-state index in [4.69, 9.17) is 49.0 Å². The van der Waals surface area contributed by atoms with Crippen molar-refractivity contribution in [1.82, 2.24) is 29.2 Å². The fourth-order valence-electron chi connectivity index (χ4n) is 9.38. The molecule has 1 aliphatic heterocycles. The summed E-state index contributed by atoms with van der Waals surface area (Å²) in [6.07, 6.45) is 16.4. The van der Waals surface area contributed by atoms with E-state index in [-0.39, 0.29) is 77.7 Å². The molecule has 3 aliphatic carbocycles. The Morgan fingerprint density at radius 3 is 1.56 bits per heavy atom. The molecule has 4 N–H and O–H groups in total. The summed E-state index contributed by atoms with van der Waals surface area (Å²) in [5.41, 5.74) is 4.01. The molecule has 4 aromatic heterocycles. The number of carbonyl (C=O) groups excluding carboxylic acids is 1. The van der Waals surface area contributed by atoms with Gasteiger partial charge in [-0.2, -0.15) is 5.10 Å². The molecule has 0 atom stereocenters. The van der Waals surface area contributed by atoms with Crippen LogP contribution in [0.2, 0.25) is 15.2 Å². The van der Waals surface area contributed by atoms with Gasteiger partial charge in [-0.05, 0) is 179 Å². The van der Waals surface area contributed by atoms with E-state index in [0.29, 0.717) is 39.5 Å². The molecule has 0 unspecified atom stereocenters. The van der Waals surface area contributed by atoms with Crippen LogP contribution in [0.1, 0.15) is 125 Å². The smallest absolute Gasteiger partial charge is 1.00 e. The van der Waals surface area contributed by atoms with E-state index in [9.17, 15) is 25.2 Å². The number of imidazole rings is 2. The molecule has 14 nitrogen and oxygen atoms in total. The van der Waals surface area contributed by atoms with Gasteiger partial charge < -0.3 is 59.0 Å². The van der Waals surface area contributed by atoms with Crippen molar-refractivity contribution in [2.24, 2.45) is 17.8 Å². The average molecular weight is 1170 g/mol. The molecule has 6 aromatic rings. The molecule has 408 valence electrons. The van der Waals surface area contributed by atoms with Gasteiger partial charge in [0.15, 0.2) is 11.3 Å². The van der Waals surface area contributed by atoms with Crippen LogP contribution in [0.5, 0.6) is 5.88 Å². The van der Waals surface area contributed by atoms with Crippen LogP contribution in [0.25, 0.3) is 33.8 Å². The number of fused-ring (bicyclic) bond motifs is 2. The molecule has 4 fully saturated rings. The largest absolute Gasteiger partial charge is 2.00 e. The number of halogens is 4. The van der Waals surface area contributed by atoms with E-state index < -0.39 is 11.2 Å². The standard InChI is InChI=1S/C21H24ClN3O2.C12H7Cl2N3.C9H16O3.C9H18O2.C4H8O.CH3.BrH.Mg/c1-21(2,26)15-6-8-17(9-7-15)27-20-11-10-19-23-13-18(25(19)24-20)14-4-3-5-16(22)12-14;13-9-3-1-2-8(6-9)10-7-15-12-5-4-11(14)16-17(10)12;1-2-12-9(11)7-3-5-8(10)6-4-7;1-9(2,11)7-3-5-8(10)6-4-7;1-2-4-5-3-1;;;/h3-5,10-13,15,17,26H,6-9H2,1-2H3;1-7H;7-8,10H,2-6H2,1H3;7-8,10-11H,3-6H2,1-2H3;1-4H2;1H3;1H;/q;;;;;-1;;+2/p-1. The second-order valence-electron chi connectivity index (χ2n) is 20.2. The third kappa shape index (κ3) is 20.9. The number of ether oxygens (including phenoxy) is 3. The van der Waals surface area contributed by atoms with Crippen molar-refractivity contribution in [3.8, 4) is 28.4 Å². The van der Waals surface area contributed by atoms with Crippen molar-refractivity contribution in [2.45, 2.75) is 154 Å². The monoisotopic (exact) mass is 1170 g/mol. The van der Waals surface area contributed by atoms with Crippen LogP contribution in [-0.2, 0) is 14.3 Å². The summed E-state index contributed by atoms with van der Waals surface area (Å²) >= 11 is 18.0. The van der Waals surface area contributed by atoms with E-state index in [1.165, 1.54) is 12.8 Å². The first-order valence-electron chi connectivity index (χ1n) is 25.5. The quantitative estimate of drug-likeness (QED) is 0.0647. The number of rotatable bonds is 8. The number of aliphatic hydroxyl groups is 4. The van der Waals surface area contributed by atoms with Crippen molar-refractivity contribution in [1.29, 1.82) is 0 Å². The normalized spacial score (nSPS) is 21.3. The number of aromatic nitrogens is 6. The van der Waals surface area contributed by atoms with Crippen molar-refractivity contribution in [3.63, 3.8) is 0 Å². The Bertz CT molecular complexity index is 2590. The molecule has 5 heterocycles. The third-order valence-corrected chi connectivity index (χ3v) is 14.4. The second-order valence-corrected chi connectivity index (χ2v) is 21.4. The maximum atomic E-state index is 11.2. The Labute approximate surface area is 485 Å². The van der Waals surface area contributed by atoms with Crippen molar-refractivity contribution in [3.05, 3.63) is 108 Å². The number of nitrogens with zero attached hydrogens (tertiary/aromatic N) is 6. The van der Waals surface area contributed by atoms with Crippen LogP contribution in [0.4, 0.5) is 0 Å². The van der Waals surface area contributed by atoms with Gasteiger partial charge in [-0.25, -0.2) is 19.0 Å². The SMILES string of the molecule is C1CCOC1.CC(C)(O)C1CCC(O)CC1.CC(C)(O)C1CCC(Oc2ccc3ncc(-c4cccc(Cl)c4)n3n2)CC1.CCOC(=O)C1CCC(O)CC1.Clc1cccc(-c2cnc3ccc(Cl)nn23)c1.[Br-].[CH3-].[Mg+2]. The van der Waals surface area contributed by atoms with Crippen LogP contribution in [0, 0.1) is 25.2 Å². The maximum Gasteiger partial charge on any atom is 2.00 e. The minimum atomic E-state index is -0.620. The number of carbonyl (C=O) groups is 1. The van der Waals surface area contributed by atoms with Gasteiger partial charge in [0.1, 0.15) is 11.3 Å². The summed E-state index contributed by atoms with van der Waals surface area (Å²) in [7, 11) is 0. The number of esters is 1. The summed E-state index contributed by atoms with van der Waals surface area (Å²) in [6.45, 7) is 11.8. The van der Waals surface area contributed by atoms with E-state index in [2.05, 4.69) is 20.2 Å². The Morgan fingerprint density at radius 1 is 0.667 bits per heavy atom. The summed E-state index contributed by atoms with van der Waals surface area (Å²) in [5, 5.41) is 48.9. The summed E-state index contributed by atoms with van der Waals surface area (Å²) in [5.74, 6) is 1.25. The van der Waals surface area contributed by atoms with Crippen LogP contribution in [0.15, 0.2) is 85.2 Å². The Hall–Kier alpha value is -3.13. The van der Waals surface area contributed by atoms with E-state index in [1.54, 1.807) is 27.5 Å². The average Bonchev–Trinajstić information content (AvgIpc) is 4.16. The summed E-state index contributed by atoms with van der Waals surface area (Å²) < 4.78 is 19.5. The molecule has 75 heavy (non-hydrogen) atoms. The molecule has 4 aliphatic rings. The molecule has 1 saturated heterocycles. The van der Waals surface area contributed by atoms with Gasteiger partial charge in [-0.15, -0.1) is 5.10 Å². The molecule has 19 heteroatoms. The first-order valence-corrected chi connectivity index (χ1v) is 26.6. The molecular weight excluding hydrogens is 1100 g/mol. The van der Waals surface area contributed by atoms with Crippen molar-refractivity contribution >= 4 is 75.1 Å². The van der Waals surface area contributed by atoms with Crippen LogP contribution in [-0.4, -0.2) is 128 Å². The summed E-state index contributed by atoms with van der Waals surface area (Å²) in [4.78, 5) is 19.9. The number of benzene rings is 2. The van der Waals surface area contributed by atoms with Crippen molar-refractivity contribution in [2.75, 3.05) is 19.8 Å². The van der Waals surface area contributed by atoms with Gasteiger partial charge >= 0.3 is 29.0 Å². The molecular formula is C56H76BrCl3MgN6O8. The van der Waals surface area contributed by atoms with E-state index >= 15 is 0 Å². The van der Waals surface area contributed by atoms with Crippen LogP contribution < -0.4 is 21.7 Å². The molecule has 2 aromatic carbocycles. The van der Waals surface area contributed by atoms with Gasteiger partial charge in [-0.1, -0.05) is 59.1 Å². The topological polar surface area (TPSA) is 186 Å². The third-order valence-electron chi connectivity index (χ3n) is 13.7. The Balaban J connectivity index is 0.000000267. The molecule has 3 saturated carbocycles. The summed E-state index contributed by atoms with van der Waals surface area (Å²) in [6, 6.07) is 22.5. The molecule has 0 spiro atoms. The zero-order chi connectivity index (χ0) is 51.8. The van der Waals surface area contributed by atoms with Gasteiger partial charge in [0.25, 0.3) is 0 Å². The van der Waals surface area contributed by atoms with Gasteiger partial charge in [0.05, 0.1) is 59.7 Å².